The standard InChI is InChI=1S/C53H45N/c1-52(2,3)48-21-14-22-49-51(48)45-32-31-44(35-50(45)53(49,4)5)54(42-27-23-37(24-28-42)36-15-8-6-9-16-36)43-29-25-39(26-30-43)47-34-41-20-13-12-19-40(41)33-46(47)38-17-10-7-11-18-38/h6-35H,1-5H3. The Morgan fingerprint density at radius 2 is 0.870 bits per heavy atom. The molecule has 262 valence electrons. The van der Waals surface area contributed by atoms with Crippen LogP contribution in [0.25, 0.3) is 55.3 Å². The highest BCUT2D eigenvalue weighted by Crippen LogP contribution is 2.53. The predicted octanol–water partition coefficient (Wildman–Crippen LogP) is 14.9. The fourth-order valence-electron chi connectivity index (χ4n) is 8.55. The van der Waals surface area contributed by atoms with Crippen molar-refractivity contribution in [1.82, 2.24) is 0 Å². The van der Waals surface area contributed by atoms with Crippen molar-refractivity contribution in [3.8, 4) is 44.5 Å². The summed E-state index contributed by atoms with van der Waals surface area (Å²) in [7, 11) is 0. The fraction of sp³-hybridized carbons (Fsp3) is 0.132. The van der Waals surface area contributed by atoms with Crippen LogP contribution in [0.3, 0.4) is 0 Å². The van der Waals surface area contributed by atoms with Gasteiger partial charge in [0.05, 0.1) is 0 Å². The maximum absolute atomic E-state index is 2.44. The third kappa shape index (κ3) is 5.81. The van der Waals surface area contributed by atoms with Crippen LogP contribution in [0.15, 0.2) is 182 Å². The third-order valence-electron chi connectivity index (χ3n) is 11.4. The molecule has 1 heteroatoms. The zero-order chi connectivity index (χ0) is 37.0. The first-order chi connectivity index (χ1) is 26.2. The molecule has 9 rings (SSSR count). The summed E-state index contributed by atoms with van der Waals surface area (Å²) in [4.78, 5) is 2.42. The first kappa shape index (κ1) is 33.6. The first-order valence-corrected chi connectivity index (χ1v) is 19.1. The third-order valence-corrected chi connectivity index (χ3v) is 11.4. The Labute approximate surface area is 320 Å². The number of hydrogen-bond acceptors (Lipinski definition) is 1. The van der Waals surface area contributed by atoms with Crippen molar-refractivity contribution in [1.29, 1.82) is 0 Å². The van der Waals surface area contributed by atoms with E-state index < -0.39 is 0 Å². The lowest BCUT2D eigenvalue weighted by Gasteiger charge is -2.28. The molecular weight excluding hydrogens is 651 g/mol. The molecule has 0 saturated heterocycles. The zero-order valence-electron chi connectivity index (χ0n) is 31.8. The van der Waals surface area contributed by atoms with Crippen LogP contribution in [0.4, 0.5) is 17.1 Å². The van der Waals surface area contributed by atoms with Gasteiger partial charge >= 0.3 is 0 Å². The van der Waals surface area contributed by atoms with E-state index in [9.17, 15) is 0 Å². The molecule has 0 spiro atoms. The van der Waals surface area contributed by atoms with Gasteiger partial charge in [-0.25, -0.2) is 0 Å². The van der Waals surface area contributed by atoms with Crippen molar-refractivity contribution in [2.75, 3.05) is 4.90 Å². The highest BCUT2D eigenvalue weighted by atomic mass is 15.1. The van der Waals surface area contributed by atoms with Crippen molar-refractivity contribution in [3.05, 3.63) is 199 Å². The van der Waals surface area contributed by atoms with Gasteiger partial charge in [-0.3, -0.25) is 0 Å². The van der Waals surface area contributed by atoms with Crippen LogP contribution in [0.1, 0.15) is 51.3 Å². The molecule has 8 aromatic carbocycles. The Morgan fingerprint density at radius 3 is 1.44 bits per heavy atom. The Kier molecular flexibility index (Phi) is 8.12. The summed E-state index contributed by atoms with van der Waals surface area (Å²) in [6.07, 6.45) is 0. The van der Waals surface area contributed by atoms with Crippen LogP contribution < -0.4 is 4.90 Å². The molecule has 1 nitrogen and oxygen atoms in total. The van der Waals surface area contributed by atoms with Crippen molar-refractivity contribution in [2.24, 2.45) is 0 Å². The molecule has 0 unspecified atom stereocenters. The van der Waals surface area contributed by atoms with Gasteiger partial charge in [0.1, 0.15) is 0 Å². The predicted molar refractivity (Wildman–Crippen MR) is 231 cm³/mol. The van der Waals surface area contributed by atoms with Gasteiger partial charge in [0.15, 0.2) is 0 Å². The van der Waals surface area contributed by atoms with Crippen LogP contribution in [-0.4, -0.2) is 0 Å². The molecule has 0 saturated carbocycles. The van der Waals surface area contributed by atoms with E-state index in [2.05, 4.69) is 222 Å². The van der Waals surface area contributed by atoms with Gasteiger partial charge in [-0.15, -0.1) is 0 Å². The molecule has 0 atom stereocenters. The van der Waals surface area contributed by atoms with Crippen LogP contribution >= 0.6 is 0 Å². The largest absolute Gasteiger partial charge is 0.310 e. The summed E-state index contributed by atoms with van der Waals surface area (Å²) in [5.41, 5.74) is 17.6. The molecular formula is C53H45N. The van der Waals surface area contributed by atoms with Gasteiger partial charge in [0.2, 0.25) is 0 Å². The highest BCUT2D eigenvalue weighted by Gasteiger charge is 2.38. The van der Waals surface area contributed by atoms with Crippen LogP contribution in [0, 0.1) is 0 Å². The lowest BCUT2D eigenvalue weighted by molar-refractivity contribution is 0.589. The molecule has 0 amide bonds. The molecule has 0 N–H and O–H groups in total. The Morgan fingerprint density at radius 1 is 0.389 bits per heavy atom. The van der Waals surface area contributed by atoms with Gasteiger partial charge in [-0.2, -0.15) is 0 Å². The minimum Gasteiger partial charge on any atom is -0.310 e. The van der Waals surface area contributed by atoms with Gasteiger partial charge in [0, 0.05) is 22.5 Å². The van der Waals surface area contributed by atoms with E-state index in [0.29, 0.717) is 0 Å². The van der Waals surface area contributed by atoms with Crippen molar-refractivity contribution < 1.29 is 0 Å². The second-order valence-corrected chi connectivity index (χ2v) is 16.2. The van der Waals surface area contributed by atoms with E-state index in [0.717, 1.165) is 17.1 Å². The smallest absolute Gasteiger partial charge is 0.0465 e. The van der Waals surface area contributed by atoms with Crippen molar-refractivity contribution in [3.63, 3.8) is 0 Å². The maximum Gasteiger partial charge on any atom is 0.0465 e. The summed E-state index contributed by atoms with van der Waals surface area (Å²) < 4.78 is 0. The SMILES string of the molecule is CC(C)(C)c1cccc2c1-c1ccc(N(c3ccc(-c4ccccc4)cc3)c3ccc(-c4cc5ccccc5cc4-c4ccccc4)cc3)cc1C2(C)C. The summed E-state index contributed by atoms with van der Waals surface area (Å²) in [5, 5.41) is 2.49. The number of benzene rings is 8. The monoisotopic (exact) mass is 695 g/mol. The van der Waals surface area contributed by atoms with Crippen molar-refractivity contribution >= 4 is 27.8 Å². The average Bonchev–Trinajstić information content (AvgIpc) is 3.44. The Balaban J connectivity index is 1.18. The molecule has 0 radical (unpaired) electrons. The number of hydrogen-bond donors (Lipinski definition) is 0. The van der Waals surface area contributed by atoms with Crippen LogP contribution in [0.5, 0.6) is 0 Å². The number of fused-ring (bicyclic) bond motifs is 4. The average molecular weight is 696 g/mol. The van der Waals surface area contributed by atoms with Gasteiger partial charge in [-0.1, -0.05) is 168 Å². The highest BCUT2D eigenvalue weighted by molar-refractivity contribution is 5.97. The van der Waals surface area contributed by atoms with Crippen LogP contribution in [-0.2, 0) is 10.8 Å². The summed E-state index contributed by atoms with van der Waals surface area (Å²) >= 11 is 0. The van der Waals surface area contributed by atoms with E-state index in [1.54, 1.807) is 0 Å². The lowest BCUT2D eigenvalue weighted by Crippen LogP contribution is -2.17. The number of nitrogens with zero attached hydrogens (tertiary/aromatic N) is 1. The molecule has 0 bridgehead atoms. The summed E-state index contributed by atoms with van der Waals surface area (Å²) in [5.74, 6) is 0. The summed E-state index contributed by atoms with van der Waals surface area (Å²) in [6, 6.07) is 66.9. The molecule has 0 heterocycles. The van der Waals surface area contributed by atoms with E-state index in [4.69, 9.17) is 0 Å². The topological polar surface area (TPSA) is 3.24 Å². The van der Waals surface area contributed by atoms with E-state index >= 15 is 0 Å². The van der Waals surface area contributed by atoms with E-state index in [1.807, 2.05) is 0 Å². The first-order valence-electron chi connectivity index (χ1n) is 19.1. The second kappa shape index (κ2) is 13.0. The molecule has 1 aliphatic rings. The fourth-order valence-corrected chi connectivity index (χ4v) is 8.55. The lowest BCUT2D eigenvalue weighted by atomic mass is 9.79. The number of rotatable bonds is 6. The Bertz CT molecular complexity index is 2620. The zero-order valence-corrected chi connectivity index (χ0v) is 31.8. The van der Waals surface area contributed by atoms with E-state index in [1.165, 1.54) is 72.0 Å². The molecule has 0 fully saturated rings. The molecule has 54 heavy (non-hydrogen) atoms. The maximum atomic E-state index is 2.44. The molecule has 1 aliphatic carbocycles. The van der Waals surface area contributed by atoms with Crippen LogP contribution in [0.2, 0.25) is 0 Å². The quantitative estimate of drug-likeness (QED) is 0.167. The second-order valence-electron chi connectivity index (χ2n) is 16.2. The van der Waals surface area contributed by atoms with Gasteiger partial charge < -0.3 is 4.90 Å². The molecule has 8 aromatic rings. The molecule has 0 aliphatic heterocycles. The van der Waals surface area contributed by atoms with E-state index in [-0.39, 0.29) is 10.8 Å². The number of anilines is 3. The minimum atomic E-state index is -0.126. The van der Waals surface area contributed by atoms with Gasteiger partial charge in [0.25, 0.3) is 0 Å². The minimum absolute atomic E-state index is 0.0431. The van der Waals surface area contributed by atoms with Crippen molar-refractivity contribution in [2.45, 2.75) is 45.4 Å². The normalized spacial score (nSPS) is 13.1. The Hall–Kier alpha value is -6.18. The summed E-state index contributed by atoms with van der Waals surface area (Å²) in [6.45, 7) is 11.7. The van der Waals surface area contributed by atoms with Gasteiger partial charge in [-0.05, 0) is 126 Å². The molecule has 0 aromatic heterocycles.